The molecule has 1 aromatic rings. The van der Waals surface area contributed by atoms with Crippen LogP contribution in [-0.4, -0.2) is 92.3 Å². The van der Waals surface area contributed by atoms with Gasteiger partial charge < -0.3 is 35.8 Å². The quantitative estimate of drug-likeness (QED) is 0.414. The summed E-state index contributed by atoms with van der Waals surface area (Å²) < 4.78 is 0. The number of aliphatic hydroxyl groups excluding tert-OH is 2. The number of carboxylic acids is 1. The molecule has 3 aliphatic rings. The molecule has 0 spiro atoms. The monoisotopic (exact) mass is 450 g/mol. The average Bonchev–Trinajstić information content (AvgIpc) is 3.42. The number of amides is 2. The zero-order valence-electron chi connectivity index (χ0n) is 18.6. The van der Waals surface area contributed by atoms with E-state index in [1.807, 2.05) is 11.8 Å². The number of aliphatic carboxylic acids is 1. The molecule has 3 heterocycles. The molecule has 6 atom stereocenters. The number of nitrogens with zero attached hydrogens (tertiary/aromatic N) is 2. The van der Waals surface area contributed by atoms with Crippen molar-refractivity contribution < 1.29 is 29.7 Å². The van der Waals surface area contributed by atoms with Crippen molar-refractivity contribution in [3.8, 4) is 0 Å². The molecular weight excluding hydrogens is 416 g/mol. The summed E-state index contributed by atoms with van der Waals surface area (Å²) in [5.41, 5.74) is 6.82. The van der Waals surface area contributed by atoms with Crippen molar-refractivity contribution in [1.29, 1.82) is 0 Å². The standard InChI is InChI=1S/C20H30N4O4.C2H4O2/c1-11-16(20(28)23-7-4-12(25)5-8-23)13-9-24(10-14(13)18(26)17(11)21)19(27)15-3-2-6-22-15;1-2(3)4/h2-3,6,11-14,16-18,22,25-26H,4-5,7-10,21H2,1H3;1H3,(H,3,4)/t11-,13+,14+,16+,17+,18+;/m1./s1. The van der Waals surface area contributed by atoms with Gasteiger partial charge in [-0.25, -0.2) is 0 Å². The molecule has 1 aliphatic carbocycles. The summed E-state index contributed by atoms with van der Waals surface area (Å²) in [4.78, 5) is 41.7. The lowest BCUT2D eigenvalue weighted by Gasteiger charge is -2.46. The second kappa shape index (κ2) is 10.0. The van der Waals surface area contributed by atoms with Crippen LogP contribution in [0, 0.1) is 23.7 Å². The van der Waals surface area contributed by atoms with Gasteiger partial charge in [-0.3, -0.25) is 14.4 Å². The highest BCUT2D eigenvalue weighted by Gasteiger charge is 2.54. The zero-order valence-corrected chi connectivity index (χ0v) is 18.6. The number of hydrogen-bond donors (Lipinski definition) is 5. The van der Waals surface area contributed by atoms with Crippen LogP contribution in [-0.2, 0) is 9.59 Å². The molecule has 10 nitrogen and oxygen atoms in total. The predicted molar refractivity (Wildman–Crippen MR) is 115 cm³/mol. The van der Waals surface area contributed by atoms with E-state index in [1.54, 1.807) is 23.2 Å². The summed E-state index contributed by atoms with van der Waals surface area (Å²) in [6, 6.07) is 3.02. The van der Waals surface area contributed by atoms with Crippen molar-refractivity contribution in [1.82, 2.24) is 14.8 Å². The Morgan fingerprint density at radius 1 is 1.09 bits per heavy atom. The number of nitrogens with one attached hydrogen (secondary N) is 1. The number of fused-ring (bicyclic) bond motifs is 1. The first-order valence-corrected chi connectivity index (χ1v) is 11.1. The number of H-pyrrole nitrogens is 1. The van der Waals surface area contributed by atoms with Gasteiger partial charge in [-0.1, -0.05) is 6.92 Å². The summed E-state index contributed by atoms with van der Waals surface area (Å²) in [5.74, 6) is -1.69. The lowest BCUT2D eigenvalue weighted by Crippen LogP contribution is -2.59. The van der Waals surface area contributed by atoms with E-state index in [2.05, 4.69) is 4.98 Å². The minimum Gasteiger partial charge on any atom is -0.481 e. The van der Waals surface area contributed by atoms with E-state index in [9.17, 15) is 19.8 Å². The van der Waals surface area contributed by atoms with Crippen molar-refractivity contribution in [3.05, 3.63) is 24.0 Å². The lowest BCUT2D eigenvalue weighted by atomic mass is 9.64. The van der Waals surface area contributed by atoms with Gasteiger partial charge in [0.1, 0.15) is 5.69 Å². The number of aliphatic hydroxyl groups is 2. The second-order valence-corrected chi connectivity index (χ2v) is 9.15. The van der Waals surface area contributed by atoms with Crippen LogP contribution in [0.5, 0.6) is 0 Å². The smallest absolute Gasteiger partial charge is 0.300 e. The average molecular weight is 451 g/mol. The van der Waals surface area contributed by atoms with Gasteiger partial charge in [-0.15, -0.1) is 0 Å². The summed E-state index contributed by atoms with van der Waals surface area (Å²) >= 11 is 0. The SMILES string of the molecule is CC(=O)O.C[C@H]1[C@H](N)[C@@H](O)[C@H]2CN(C(=O)c3ccc[nH]3)C[C@@H]2[C@H]1C(=O)N1CCC(O)CC1. The normalized spacial score (nSPS) is 32.7. The molecule has 0 aromatic carbocycles. The summed E-state index contributed by atoms with van der Waals surface area (Å²) in [6.45, 7) is 4.96. The molecule has 1 saturated carbocycles. The van der Waals surface area contributed by atoms with E-state index in [0.29, 0.717) is 44.7 Å². The van der Waals surface area contributed by atoms with Crippen LogP contribution in [0.2, 0.25) is 0 Å². The minimum absolute atomic E-state index is 0.0472. The molecule has 3 fully saturated rings. The first kappa shape index (κ1) is 24.2. The second-order valence-electron chi connectivity index (χ2n) is 9.15. The third-order valence-corrected chi connectivity index (χ3v) is 7.06. The lowest BCUT2D eigenvalue weighted by molar-refractivity contribution is -0.147. The van der Waals surface area contributed by atoms with Gasteiger partial charge in [0, 0.05) is 57.2 Å². The van der Waals surface area contributed by atoms with Crippen molar-refractivity contribution in [2.24, 2.45) is 29.4 Å². The molecule has 0 bridgehead atoms. The minimum atomic E-state index is -0.833. The third-order valence-electron chi connectivity index (χ3n) is 7.06. The molecule has 0 radical (unpaired) electrons. The number of aromatic nitrogens is 1. The Kier molecular flexibility index (Phi) is 7.58. The van der Waals surface area contributed by atoms with Gasteiger partial charge in [0.15, 0.2) is 0 Å². The first-order chi connectivity index (χ1) is 15.1. The number of rotatable bonds is 2. The number of piperidine rings is 1. The Balaban J connectivity index is 0.000000668. The van der Waals surface area contributed by atoms with E-state index in [4.69, 9.17) is 15.6 Å². The Morgan fingerprint density at radius 3 is 2.25 bits per heavy atom. The summed E-state index contributed by atoms with van der Waals surface area (Å²) in [7, 11) is 0. The summed E-state index contributed by atoms with van der Waals surface area (Å²) in [5, 5.41) is 27.9. The number of carboxylic acid groups (broad SMARTS) is 1. The van der Waals surface area contributed by atoms with Crippen LogP contribution in [0.3, 0.4) is 0 Å². The molecule has 0 unspecified atom stereocenters. The van der Waals surface area contributed by atoms with Gasteiger partial charge in [-0.05, 0) is 36.8 Å². The van der Waals surface area contributed by atoms with Crippen LogP contribution in [0.4, 0.5) is 0 Å². The molecule has 10 heteroatoms. The Hall–Kier alpha value is -2.43. The molecule has 2 amide bonds. The van der Waals surface area contributed by atoms with Gasteiger partial charge in [0.2, 0.25) is 5.91 Å². The van der Waals surface area contributed by atoms with E-state index < -0.39 is 18.1 Å². The largest absolute Gasteiger partial charge is 0.481 e. The highest BCUT2D eigenvalue weighted by atomic mass is 16.4. The van der Waals surface area contributed by atoms with Crippen LogP contribution in [0.1, 0.15) is 37.2 Å². The maximum Gasteiger partial charge on any atom is 0.300 e. The van der Waals surface area contributed by atoms with Crippen molar-refractivity contribution >= 4 is 17.8 Å². The molecule has 1 aromatic heterocycles. The fourth-order valence-electron chi connectivity index (χ4n) is 5.33. The van der Waals surface area contributed by atoms with Crippen LogP contribution < -0.4 is 5.73 Å². The van der Waals surface area contributed by atoms with Crippen LogP contribution in [0.15, 0.2) is 18.3 Å². The van der Waals surface area contributed by atoms with E-state index in [1.165, 1.54) is 0 Å². The highest BCUT2D eigenvalue weighted by molar-refractivity contribution is 5.92. The molecule has 32 heavy (non-hydrogen) atoms. The Labute approximate surface area is 187 Å². The Bertz CT molecular complexity index is 803. The molecule has 4 rings (SSSR count). The highest BCUT2D eigenvalue weighted by Crippen LogP contribution is 2.44. The van der Waals surface area contributed by atoms with Gasteiger partial charge in [-0.2, -0.15) is 0 Å². The number of aromatic amines is 1. The molecule has 178 valence electrons. The van der Waals surface area contributed by atoms with E-state index in [-0.39, 0.29) is 41.6 Å². The molecular formula is C22H34N4O6. The fraction of sp³-hybridized carbons (Fsp3) is 0.682. The molecule has 6 N–H and O–H groups in total. The number of likely N-dealkylation sites (tertiary alicyclic amines) is 2. The van der Waals surface area contributed by atoms with Crippen molar-refractivity contribution in [2.75, 3.05) is 26.2 Å². The first-order valence-electron chi connectivity index (χ1n) is 11.1. The Morgan fingerprint density at radius 2 is 1.69 bits per heavy atom. The van der Waals surface area contributed by atoms with Gasteiger partial charge in [0.25, 0.3) is 11.9 Å². The molecule has 2 aliphatic heterocycles. The number of carbonyl (C=O) groups is 3. The maximum absolute atomic E-state index is 13.4. The summed E-state index contributed by atoms with van der Waals surface area (Å²) in [6.07, 6.45) is 1.82. The zero-order chi connectivity index (χ0) is 23.6. The number of nitrogens with two attached hydrogens (primary N) is 1. The van der Waals surface area contributed by atoms with Crippen molar-refractivity contribution in [3.63, 3.8) is 0 Å². The fourth-order valence-corrected chi connectivity index (χ4v) is 5.33. The van der Waals surface area contributed by atoms with Gasteiger partial charge in [0.05, 0.1) is 12.2 Å². The van der Waals surface area contributed by atoms with E-state index in [0.717, 1.165) is 6.92 Å². The topological polar surface area (TPSA) is 160 Å². The van der Waals surface area contributed by atoms with E-state index >= 15 is 0 Å². The van der Waals surface area contributed by atoms with Crippen molar-refractivity contribution in [2.45, 2.75) is 44.9 Å². The van der Waals surface area contributed by atoms with Crippen LogP contribution >= 0.6 is 0 Å². The predicted octanol–water partition coefficient (Wildman–Crippen LogP) is -0.269. The molecule has 2 saturated heterocycles. The van der Waals surface area contributed by atoms with Gasteiger partial charge >= 0.3 is 0 Å². The number of hydrogen-bond acceptors (Lipinski definition) is 6. The number of carbonyl (C=O) groups excluding carboxylic acids is 2. The third kappa shape index (κ3) is 4.97. The van der Waals surface area contributed by atoms with Crippen LogP contribution in [0.25, 0.3) is 0 Å². The maximum atomic E-state index is 13.4.